The Morgan fingerprint density at radius 3 is 2.65 bits per heavy atom. The Hall–Kier alpha value is -3.51. The zero-order chi connectivity index (χ0) is 21.2. The number of phenolic OH excluding ortho intramolecular Hbond substituents is 1. The van der Waals surface area contributed by atoms with E-state index in [0.717, 1.165) is 16.9 Å². The standard InChI is InChI=1S/C25H24N2O4/c28-22-8-4-3-7-20(22)15-27-14-19-6-2-1-5-18(19)12-21(27)25(29)26-13-17-9-10-23-24(11-17)31-16-30-23/h1-11,21,28H,12-16H2,(H,26,29)/t21-/m0/s1. The van der Waals surface area contributed by atoms with Crippen molar-refractivity contribution in [3.05, 3.63) is 89.0 Å². The number of para-hydroxylation sites is 1. The number of hydrogen-bond donors (Lipinski definition) is 2. The van der Waals surface area contributed by atoms with Gasteiger partial charge in [0.15, 0.2) is 11.5 Å². The van der Waals surface area contributed by atoms with Crippen LogP contribution in [0.1, 0.15) is 22.3 Å². The van der Waals surface area contributed by atoms with Gasteiger partial charge in [0.1, 0.15) is 5.75 Å². The largest absolute Gasteiger partial charge is 0.508 e. The van der Waals surface area contributed by atoms with Crippen LogP contribution in [0, 0.1) is 0 Å². The molecule has 5 rings (SSSR count). The lowest BCUT2D eigenvalue weighted by Crippen LogP contribution is -2.49. The van der Waals surface area contributed by atoms with Crippen LogP contribution < -0.4 is 14.8 Å². The molecule has 0 bridgehead atoms. The summed E-state index contributed by atoms with van der Waals surface area (Å²) in [5, 5.41) is 13.3. The highest BCUT2D eigenvalue weighted by atomic mass is 16.7. The van der Waals surface area contributed by atoms with Crippen LogP contribution in [0.4, 0.5) is 0 Å². The van der Waals surface area contributed by atoms with Crippen LogP contribution in [0.2, 0.25) is 0 Å². The predicted molar refractivity (Wildman–Crippen MR) is 116 cm³/mol. The van der Waals surface area contributed by atoms with Gasteiger partial charge in [-0.25, -0.2) is 0 Å². The fourth-order valence-electron chi connectivity index (χ4n) is 4.22. The Kier molecular flexibility index (Phi) is 5.22. The second kappa shape index (κ2) is 8.32. The third kappa shape index (κ3) is 4.07. The molecule has 3 aromatic rings. The molecule has 0 radical (unpaired) electrons. The van der Waals surface area contributed by atoms with Crippen LogP contribution >= 0.6 is 0 Å². The van der Waals surface area contributed by atoms with Crippen LogP contribution in [0.15, 0.2) is 66.7 Å². The molecule has 0 saturated carbocycles. The maximum absolute atomic E-state index is 13.2. The minimum absolute atomic E-state index is 0.0254. The number of carbonyl (C=O) groups is 1. The summed E-state index contributed by atoms with van der Waals surface area (Å²) in [5.41, 5.74) is 4.19. The molecule has 2 aliphatic heterocycles. The molecule has 0 aromatic heterocycles. The third-order valence-electron chi connectivity index (χ3n) is 5.92. The average molecular weight is 416 g/mol. The fourth-order valence-corrected chi connectivity index (χ4v) is 4.22. The lowest BCUT2D eigenvalue weighted by molar-refractivity contribution is -0.127. The third-order valence-corrected chi connectivity index (χ3v) is 5.92. The Morgan fingerprint density at radius 2 is 1.77 bits per heavy atom. The van der Waals surface area contributed by atoms with Gasteiger partial charge in [0, 0.05) is 25.2 Å². The normalized spacial score (nSPS) is 17.2. The summed E-state index contributed by atoms with van der Waals surface area (Å²) in [4.78, 5) is 15.4. The highest BCUT2D eigenvalue weighted by Crippen LogP contribution is 2.32. The number of hydrogen-bond acceptors (Lipinski definition) is 5. The van der Waals surface area contributed by atoms with Crippen LogP contribution in [-0.4, -0.2) is 28.7 Å². The highest BCUT2D eigenvalue weighted by Gasteiger charge is 2.31. The predicted octanol–water partition coefficient (Wildman–Crippen LogP) is 3.36. The Bertz CT molecular complexity index is 1110. The lowest BCUT2D eigenvalue weighted by atomic mass is 9.93. The minimum atomic E-state index is -0.316. The number of rotatable bonds is 5. The zero-order valence-electron chi connectivity index (χ0n) is 17.1. The zero-order valence-corrected chi connectivity index (χ0v) is 17.1. The first-order valence-corrected chi connectivity index (χ1v) is 10.4. The molecule has 2 heterocycles. The van der Waals surface area contributed by atoms with Gasteiger partial charge in [0.2, 0.25) is 12.7 Å². The molecule has 3 aromatic carbocycles. The van der Waals surface area contributed by atoms with Crippen LogP contribution in [0.3, 0.4) is 0 Å². The topological polar surface area (TPSA) is 71.0 Å². The number of aromatic hydroxyl groups is 1. The van der Waals surface area contributed by atoms with E-state index < -0.39 is 0 Å². The van der Waals surface area contributed by atoms with Crippen LogP contribution in [0.5, 0.6) is 17.2 Å². The van der Waals surface area contributed by atoms with Crippen LogP contribution in [0.25, 0.3) is 0 Å². The number of carbonyl (C=O) groups excluding carboxylic acids is 1. The molecule has 0 unspecified atom stereocenters. The highest BCUT2D eigenvalue weighted by molar-refractivity contribution is 5.82. The average Bonchev–Trinajstić information content (AvgIpc) is 3.26. The number of nitrogens with one attached hydrogen (secondary N) is 1. The van der Waals surface area contributed by atoms with E-state index in [1.54, 1.807) is 12.1 Å². The van der Waals surface area contributed by atoms with Gasteiger partial charge in [-0.05, 0) is 41.3 Å². The smallest absolute Gasteiger partial charge is 0.237 e. The summed E-state index contributed by atoms with van der Waals surface area (Å²) in [6.07, 6.45) is 0.636. The van der Waals surface area contributed by atoms with E-state index in [-0.39, 0.29) is 24.5 Å². The molecule has 2 aliphatic rings. The van der Waals surface area contributed by atoms with Gasteiger partial charge in [0.05, 0.1) is 6.04 Å². The van der Waals surface area contributed by atoms with Gasteiger partial charge in [-0.15, -0.1) is 0 Å². The molecule has 158 valence electrons. The summed E-state index contributed by atoms with van der Waals surface area (Å²) in [6, 6.07) is 20.9. The summed E-state index contributed by atoms with van der Waals surface area (Å²) in [7, 11) is 0. The number of nitrogens with zero attached hydrogens (tertiary/aromatic N) is 1. The van der Waals surface area contributed by atoms with Crippen molar-refractivity contribution in [2.24, 2.45) is 0 Å². The van der Waals surface area contributed by atoms with Gasteiger partial charge < -0.3 is 19.9 Å². The molecule has 6 nitrogen and oxygen atoms in total. The molecule has 2 N–H and O–H groups in total. The van der Waals surface area contributed by atoms with E-state index in [1.165, 1.54) is 11.1 Å². The molecule has 0 saturated heterocycles. The van der Waals surface area contributed by atoms with Crippen molar-refractivity contribution in [2.75, 3.05) is 6.79 Å². The first kappa shape index (κ1) is 19.5. The van der Waals surface area contributed by atoms with Crippen molar-refractivity contribution in [3.63, 3.8) is 0 Å². The summed E-state index contributed by atoms with van der Waals surface area (Å²) in [6.45, 7) is 1.81. The number of fused-ring (bicyclic) bond motifs is 2. The Morgan fingerprint density at radius 1 is 1.00 bits per heavy atom. The van der Waals surface area contributed by atoms with Crippen molar-refractivity contribution >= 4 is 5.91 Å². The Labute approximate surface area is 181 Å². The van der Waals surface area contributed by atoms with E-state index in [4.69, 9.17) is 9.47 Å². The molecule has 1 amide bonds. The first-order chi connectivity index (χ1) is 15.2. The summed E-state index contributed by atoms with van der Waals surface area (Å²) < 4.78 is 10.8. The van der Waals surface area contributed by atoms with E-state index in [1.807, 2.05) is 42.5 Å². The summed E-state index contributed by atoms with van der Waals surface area (Å²) in [5.74, 6) is 1.66. The van der Waals surface area contributed by atoms with E-state index in [2.05, 4.69) is 22.3 Å². The molecule has 0 spiro atoms. The van der Waals surface area contributed by atoms with Crippen molar-refractivity contribution in [1.82, 2.24) is 10.2 Å². The number of benzene rings is 3. The fraction of sp³-hybridized carbons (Fsp3) is 0.240. The Balaban J connectivity index is 1.34. The molecule has 1 atom stereocenters. The van der Waals surface area contributed by atoms with E-state index in [9.17, 15) is 9.90 Å². The van der Waals surface area contributed by atoms with E-state index >= 15 is 0 Å². The number of amides is 1. The van der Waals surface area contributed by atoms with Crippen molar-refractivity contribution in [2.45, 2.75) is 32.1 Å². The number of phenols is 1. The molecular formula is C25H24N2O4. The van der Waals surface area contributed by atoms with Crippen molar-refractivity contribution < 1.29 is 19.4 Å². The van der Waals surface area contributed by atoms with Gasteiger partial charge in [0.25, 0.3) is 0 Å². The van der Waals surface area contributed by atoms with Crippen LogP contribution in [-0.2, 0) is 30.8 Å². The molecule has 31 heavy (non-hydrogen) atoms. The van der Waals surface area contributed by atoms with Gasteiger partial charge in [-0.2, -0.15) is 0 Å². The summed E-state index contributed by atoms with van der Waals surface area (Å²) >= 11 is 0. The molecule has 0 aliphatic carbocycles. The van der Waals surface area contributed by atoms with Crippen molar-refractivity contribution in [3.8, 4) is 17.2 Å². The quantitative estimate of drug-likeness (QED) is 0.667. The van der Waals surface area contributed by atoms with Gasteiger partial charge >= 0.3 is 0 Å². The van der Waals surface area contributed by atoms with Crippen molar-refractivity contribution in [1.29, 1.82) is 0 Å². The molecular weight excluding hydrogens is 392 g/mol. The maximum Gasteiger partial charge on any atom is 0.237 e. The minimum Gasteiger partial charge on any atom is -0.508 e. The van der Waals surface area contributed by atoms with Gasteiger partial charge in [-0.3, -0.25) is 9.69 Å². The SMILES string of the molecule is O=C(NCc1ccc2c(c1)OCO2)[C@@H]1Cc2ccccc2CN1Cc1ccccc1O. The van der Waals surface area contributed by atoms with Gasteiger partial charge in [-0.1, -0.05) is 48.5 Å². The monoisotopic (exact) mass is 416 g/mol. The number of ether oxygens (including phenoxy) is 2. The lowest BCUT2D eigenvalue weighted by Gasteiger charge is -2.36. The second-order valence-corrected chi connectivity index (χ2v) is 7.93. The maximum atomic E-state index is 13.2. The molecule has 0 fully saturated rings. The second-order valence-electron chi connectivity index (χ2n) is 7.93. The van der Waals surface area contributed by atoms with E-state index in [0.29, 0.717) is 31.8 Å². The first-order valence-electron chi connectivity index (χ1n) is 10.4. The molecule has 6 heteroatoms.